The molecule has 0 aliphatic rings. The molecule has 21 heavy (non-hydrogen) atoms. The van der Waals surface area contributed by atoms with Gasteiger partial charge in [0.25, 0.3) is 5.69 Å². The zero-order chi connectivity index (χ0) is 15.4. The van der Waals surface area contributed by atoms with Crippen molar-refractivity contribution in [2.45, 2.75) is 11.9 Å². The van der Waals surface area contributed by atoms with Gasteiger partial charge in [-0.3, -0.25) is 10.1 Å². The van der Waals surface area contributed by atoms with Gasteiger partial charge in [0.15, 0.2) is 0 Å². The largest absolute Gasteiger partial charge is 0.487 e. The first kappa shape index (κ1) is 16.1. The van der Waals surface area contributed by atoms with E-state index in [0.29, 0.717) is 26.7 Å². The summed E-state index contributed by atoms with van der Waals surface area (Å²) in [5, 5.41) is 12.5. The molecule has 0 fully saturated rings. The summed E-state index contributed by atoms with van der Waals surface area (Å²) >= 11 is 15.2. The highest BCUT2D eigenvalue weighted by molar-refractivity contribution is 9.08. The summed E-state index contributed by atoms with van der Waals surface area (Å²) in [6.45, 7) is 0.0425. The second kappa shape index (κ2) is 7.11. The smallest absolute Gasteiger partial charge is 0.277 e. The van der Waals surface area contributed by atoms with E-state index < -0.39 is 4.92 Å². The molecule has 4 nitrogen and oxygen atoms in total. The quantitative estimate of drug-likeness (QED) is 0.391. The van der Waals surface area contributed by atoms with Crippen LogP contribution in [0.15, 0.2) is 36.4 Å². The van der Waals surface area contributed by atoms with Crippen LogP contribution in [0.3, 0.4) is 0 Å². The molecule has 0 N–H and O–H groups in total. The molecule has 0 aliphatic heterocycles. The second-order valence-electron chi connectivity index (χ2n) is 4.22. The van der Waals surface area contributed by atoms with Crippen LogP contribution in [-0.4, -0.2) is 4.92 Å². The molecule has 0 saturated heterocycles. The molecule has 0 bridgehead atoms. The zero-order valence-electron chi connectivity index (χ0n) is 10.7. The number of hydrogen-bond donors (Lipinski definition) is 0. The van der Waals surface area contributed by atoms with E-state index in [0.717, 1.165) is 5.56 Å². The van der Waals surface area contributed by atoms with Crippen LogP contribution in [0, 0.1) is 10.1 Å². The lowest BCUT2D eigenvalue weighted by molar-refractivity contribution is -0.385. The van der Waals surface area contributed by atoms with Crippen LogP contribution >= 0.6 is 39.1 Å². The highest BCUT2D eigenvalue weighted by Crippen LogP contribution is 2.29. The summed E-state index contributed by atoms with van der Waals surface area (Å²) in [4.78, 5) is 10.5. The highest BCUT2D eigenvalue weighted by atomic mass is 79.9. The van der Waals surface area contributed by atoms with E-state index in [9.17, 15) is 10.1 Å². The van der Waals surface area contributed by atoms with E-state index in [1.165, 1.54) is 6.07 Å². The van der Waals surface area contributed by atoms with Gasteiger partial charge in [0.2, 0.25) is 0 Å². The molecule has 0 aromatic heterocycles. The van der Waals surface area contributed by atoms with Gasteiger partial charge in [-0.1, -0.05) is 45.2 Å². The topological polar surface area (TPSA) is 52.4 Å². The van der Waals surface area contributed by atoms with Gasteiger partial charge in [0.1, 0.15) is 12.4 Å². The van der Waals surface area contributed by atoms with Crippen molar-refractivity contribution in [2.75, 3.05) is 0 Å². The molecule has 0 spiro atoms. The fraction of sp³-hybridized carbons (Fsp3) is 0.143. The zero-order valence-corrected chi connectivity index (χ0v) is 13.8. The molecule has 0 atom stereocenters. The molecule has 0 aliphatic carbocycles. The number of alkyl halides is 1. The minimum Gasteiger partial charge on any atom is -0.487 e. The predicted molar refractivity (Wildman–Crippen MR) is 86.5 cm³/mol. The molecule has 0 amide bonds. The maximum atomic E-state index is 11.0. The number of benzene rings is 2. The van der Waals surface area contributed by atoms with Gasteiger partial charge >= 0.3 is 0 Å². The van der Waals surface area contributed by atoms with Gasteiger partial charge in [-0.25, -0.2) is 0 Å². The summed E-state index contributed by atoms with van der Waals surface area (Å²) in [5.74, 6) is 0.477. The third-order valence-electron chi connectivity index (χ3n) is 2.78. The first-order valence-corrected chi connectivity index (χ1v) is 7.79. The van der Waals surface area contributed by atoms with Crippen LogP contribution in [-0.2, 0) is 11.9 Å². The summed E-state index contributed by atoms with van der Waals surface area (Å²) in [5.41, 5.74) is 1.38. The third kappa shape index (κ3) is 4.09. The first-order valence-electron chi connectivity index (χ1n) is 5.91. The Morgan fingerprint density at radius 3 is 2.57 bits per heavy atom. The first-order chi connectivity index (χ1) is 10.0. The Balaban J connectivity index is 2.18. The lowest BCUT2D eigenvalue weighted by atomic mass is 10.2. The van der Waals surface area contributed by atoms with E-state index in [1.807, 2.05) is 6.07 Å². The van der Waals surface area contributed by atoms with E-state index >= 15 is 0 Å². The number of halogens is 3. The van der Waals surface area contributed by atoms with Crippen molar-refractivity contribution < 1.29 is 9.66 Å². The molecule has 110 valence electrons. The third-order valence-corrected chi connectivity index (χ3v) is 3.96. The highest BCUT2D eigenvalue weighted by Gasteiger charge is 2.15. The Morgan fingerprint density at radius 1 is 1.19 bits per heavy atom. The van der Waals surface area contributed by atoms with Crippen molar-refractivity contribution in [3.63, 3.8) is 0 Å². The van der Waals surface area contributed by atoms with E-state index in [1.54, 1.807) is 24.3 Å². The monoisotopic (exact) mass is 389 g/mol. The molecule has 0 unspecified atom stereocenters. The summed E-state index contributed by atoms with van der Waals surface area (Å²) in [6.07, 6.45) is 0. The lowest BCUT2D eigenvalue weighted by Crippen LogP contribution is -2.01. The van der Waals surface area contributed by atoms with Crippen molar-refractivity contribution in [1.82, 2.24) is 0 Å². The Labute approximate surface area is 139 Å². The molecular formula is C14H10BrCl2NO3. The average molecular weight is 391 g/mol. The van der Waals surface area contributed by atoms with E-state index in [4.69, 9.17) is 27.9 Å². The van der Waals surface area contributed by atoms with Crippen LogP contribution in [0.5, 0.6) is 5.75 Å². The van der Waals surface area contributed by atoms with Crippen molar-refractivity contribution in [1.29, 1.82) is 0 Å². The molecule has 0 heterocycles. The standard InChI is InChI=1S/C14H10BrCl2NO3/c15-7-9-1-4-14(12(17)5-9)21-8-10-2-3-11(16)6-13(10)18(19)20/h1-6H,7-8H2. The van der Waals surface area contributed by atoms with Crippen molar-refractivity contribution >= 4 is 44.8 Å². The number of nitrogens with zero attached hydrogens (tertiary/aromatic N) is 1. The van der Waals surface area contributed by atoms with Gasteiger partial charge in [-0.15, -0.1) is 0 Å². The van der Waals surface area contributed by atoms with Gasteiger partial charge in [-0.05, 0) is 29.8 Å². The number of ether oxygens (including phenoxy) is 1. The van der Waals surface area contributed by atoms with Crippen molar-refractivity contribution in [2.24, 2.45) is 0 Å². The molecule has 2 aromatic carbocycles. The fourth-order valence-corrected chi connectivity index (χ4v) is 2.50. The summed E-state index contributed by atoms with van der Waals surface area (Å²) < 4.78 is 5.56. The number of rotatable bonds is 5. The Hall–Kier alpha value is -1.30. The predicted octanol–water partition coefficient (Wildman–Crippen LogP) is 5.38. The molecule has 0 radical (unpaired) electrons. The normalized spacial score (nSPS) is 10.4. The maximum Gasteiger partial charge on any atom is 0.277 e. The van der Waals surface area contributed by atoms with Gasteiger partial charge in [-0.2, -0.15) is 0 Å². The van der Waals surface area contributed by atoms with Crippen LogP contribution < -0.4 is 4.74 Å². The van der Waals surface area contributed by atoms with Crippen LogP contribution in [0.4, 0.5) is 5.69 Å². The number of nitro groups is 1. The van der Waals surface area contributed by atoms with Crippen LogP contribution in [0.25, 0.3) is 0 Å². The molecular weight excluding hydrogens is 381 g/mol. The SMILES string of the molecule is O=[N+]([O-])c1cc(Cl)ccc1COc1ccc(CBr)cc1Cl. The van der Waals surface area contributed by atoms with Crippen LogP contribution in [0.1, 0.15) is 11.1 Å². The van der Waals surface area contributed by atoms with Gasteiger partial charge in [0.05, 0.1) is 15.5 Å². The average Bonchev–Trinajstić information content (AvgIpc) is 2.46. The van der Waals surface area contributed by atoms with Gasteiger partial charge < -0.3 is 4.74 Å². The van der Waals surface area contributed by atoms with Crippen molar-refractivity contribution in [3.05, 3.63) is 67.7 Å². The Morgan fingerprint density at radius 2 is 1.95 bits per heavy atom. The number of hydrogen-bond acceptors (Lipinski definition) is 3. The molecule has 2 aromatic rings. The Bertz CT molecular complexity index is 679. The lowest BCUT2D eigenvalue weighted by Gasteiger charge is -2.09. The van der Waals surface area contributed by atoms with Crippen molar-refractivity contribution in [3.8, 4) is 5.75 Å². The minimum absolute atomic E-state index is 0.0425. The van der Waals surface area contributed by atoms with Crippen LogP contribution in [0.2, 0.25) is 10.0 Å². The molecule has 2 rings (SSSR count). The Kier molecular flexibility index (Phi) is 5.45. The van der Waals surface area contributed by atoms with E-state index in [-0.39, 0.29) is 12.3 Å². The molecule has 0 saturated carbocycles. The minimum atomic E-state index is -0.486. The maximum absolute atomic E-state index is 11.0. The van der Waals surface area contributed by atoms with E-state index in [2.05, 4.69) is 15.9 Å². The number of nitro benzene ring substituents is 1. The fourth-order valence-electron chi connectivity index (χ4n) is 1.73. The van der Waals surface area contributed by atoms with Gasteiger partial charge in [0, 0.05) is 16.4 Å². The second-order valence-corrected chi connectivity index (χ2v) is 5.62. The summed E-state index contributed by atoms with van der Waals surface area (Å²) in [7, 11) is 0. The summed E-state index contributed by atoms with van der Waals surface area (Å²) in [6, 6.07) is 9.84. The molecule has 7 heteroatoms.